The number of nitrogens with zero attached hydrogens (tertiary/aromatic N) is 3. The summed E-state index contributed by atoms with van der Waals surface area (Å²) < 4.78 is 24.2. The topological polar surface area (TPSA) is 123 Å². The molecule has 9 heteroatoms. The molecule has 2 aromatic carbocycles. The van der Waals surface area contributed by atoms with Gasteiger partial charge in [-0.25, -0.2) is 4.79 Å². The van der Waals surface area contributed by atoms with Gasteiger partial charge in [-0.05, 0) is 16.7 Å². The van der Waals surface area contributed by atoms with E-state index in [-0.39, 0.29) is 32.5 Å². The summed E-state index contributed by atoms with van der Waals surface area (Å²) in [5.41, 5.74) is 9.50. The van der Waals surface area contributed by atoms with Gasteiger partial charge < -0.3 is 24.1 Å². The summed E-state index contributed by atoms with van der Waals surface area (Å²) in [7, 11) is 0. The van der Waals surface area contributed by atoms with Crippen LogP contribution in [0.3, 0.4) is 0 Å². The normalized spacial score (nSPS) is 29.1. The van der Waals surface area contributed by atoms with Crippen molar-refractivity contribution in [1.29, 1.82) is 0 Å². The summed E-state index contributed by atoms with van der Waals surface area (Å²) in [6.07, 6.45) is -2.75. The Balaban J connectivity index is 1.57. The second kappa shape index (κ2) is 10.1. The first-order valence-corrected chi connectivity index (χ1v) is 10.5. The minimum atomic E-state index is -1.21. The third-order valence-corrected chi connectivity index (χ3v) is 5.76. The van der Waals surface area contributed by atoms with Gasteiger partial charge in [0.25, 0.3) is 0 Å². The Bertz CT molecular complexity index is 953. The van der Waals surface area contributed by atoms with Crippen molar-refractivity contribution in [3.8, 4) is 0 Å². The smallest absolute Gasteiger partial charge is 0.335 e. The molecule has 0 aromatic heterocycles. The van der Waals surface area contributed by atoms with E-state index < -0.39 is 29.9 Å². The monoisotopic (exact) mass is 439 g/mol. The van der Waals surface area contributed by atoms with Crippen LogP contribution in [0.2, 0.25) is 0 Å². The molecule has 9 nitrogen and oxygen atoms in total. The summed E-state index contributed by atoms with van der Waals surface area (Å²) in [5.74, 6) is -1.12. The largest absolute Gasteiger partial charge is 0.479 e. The number of rotatable bonds is 9. The molecular weight excluding hydrogens is 414 g/mol. The Kier molecular flexibility index (Phi) is 7.04. The maximum atomic E-state index is 12.1. The zero-order valence-electron chi connectivity index (χ0n) is 17.4. The molecule has 4 rings (SSSR count). The van der Waals surface area contributed by atoms with Crippen LogP contribution in [-0.2, 0) is 37.0 Å². The van der Waals surface area contributed by atoms with E-state index in [2.05, 4.69) is 10.0 Å². The zero-order valence-corrected chi connectivity index (χ0v) is 17.4. The van der Waals surface area contributed by atoms with E-state index in [1.807, 2.05) is 60.7 Å². The van der Waals surface area contributed by atoms with Gasteiger partial charge in [0.2, 0.25) is 0 Å². The standard InChI is InChI=1S/C23H25N3O6/c24-26-25-12-18-11-23(15-31-18)21(30-14-17-9-5-2-6-10-17)19(20(32-23)22(27)28)29-13-16-7-3-1-4-8-16/h1-10,18-21H,11-15H2,(H,27,28)/t18?,19-,20+,21+,23+/m1/s1. The fourth-order valence-corrected chi connectivity index (χ4v) is 4.27. The number of benzene rings is 2. The van der Waals surface area contributed by atoms with Crippen LogP contribution >= 0.6 is 0 Å². The predicted molar refractivity (Wildman–Crippen MR) is 114 cm³/mol. The second-order valence-corrected chi connectivity index (χ2v) is 7.97. The van der Waals surface area contributed by atoms with Gasteiger partial charge in [-0.15, -0.1) is 0 Å². The summed E-state index contributed by atoms with van der Waals surface area (Å²) in [6, 6.07) is 19.1. The lowest BCUT2D eigenvalue weighted by Crippen LogP contribution is -2.47. The number of hydrogen-bond acceptors (Lipinski definition) is 6. The van der Waals surface area contributed by atoms with Crippen molar-refractivity contribution < 1.29 is 28.8 Å². The Hall–Kier alpha value is -2.94. The highest BCUT2D eigenvalue weighted by Crippen LogP contribution is 2.43. The number of aliphatic carboxylic acids is 1. The molecule has 0 bridgehead atoms. The molecule has 0 aliphatic carbocycles. The van der Waals surface area contributed by atoms with Crippen molar-refractivity contribution in [3.63, 3.8) is 0 Å². The summed E-state index contributed by atoms with van der Waals surface area (Å²) >= 11 is 0. The van der Waals surface area contributed by atoms with E-state index in [0.29, 0.717) is 6.42 Å². The van der Waals surface area contributed by atoms with Gasteiger partial charge in [0.15, 0.2) is 6.10 Å². The molecule has 2 aliphatic heterocycles. The molecular formula is C23H25N3O6. The summed E-state index contributed by atoms with van der Waals surface area (Å²) in [6.45, 7) is 0.769. The van der Waals surface area contributed by atoms with Crippen LogP contribution in [0.5, 0.6) is 0 Å². The average molecular weight is 439 g/mol. The van der Waals surface area contributed by atoms with Gasteiger partial charge in [0, 0.05) is 11.3 Å². The van der Waals surface area contributed by atoms with Crippen LogP contribution in [0.1, 0.15) is 17.5 Å². The molecule has 1 spiro atoms. The van der Waals surface area contributed by atoms with Gasteiger partial charge in [-0.3, -0.25) is 0 Å². The van der Waals surface area contributed by atoms with Gasteiger partial charge in [0.1, 0.15) is 17.8 Å². The highest BCUT2D eigenvalue weighted by atomic mass is 16.6. The molecule has 0 radical (unpaired) electrons. The number of azide groups is 1. The number of carbonyl (C=O) groups is 1. The lowest BCUT2D eigenvalue weighted by molar-refractivity contribution is -0.160. The minimum absolute atomic E-state index is 0.132. The minimum Gasteiger partial charge on any atom is -0.479 e. The van der Waals surface area contributed by atoms with E-state index in [0.717, 1.165) is 11.1 Å². The van der Waals surface area contributed by atoms with Gasteiger partial charge >= 0.3 is 5.97 Å². The Morgan fingerprint density at radius 1 is 1.09 bits per heavy atom. The Labute approximate surface area is 185 Å². The third kappa shape index (κ3) is 4.93. The first kappa shape index (κ1) is 22.3. The quantitative estimate of drug-likeness (QED) is 0.362. The molecule has 1 N–H and O–H groups in total. The molecule has 168 valence electrons. The first-order valence-electron chi connectivity index (χ1n) is 10.5. The Morgan fingerprint density at radius 3 is 2.31 bits per heavy atom. The van der Waals surface area contributed by atoms with Gasteiger partial charge in [0.05, 0.1) is 32.5 Å². The highest BCUT2D eigenvalue weighted by molar-refractivity contribution is 5.74. The second-order valence-electron chi connectivity index (χ2n) is 7.97. The molecule has 5 atom stereocenters. The van der Waals surface area contributed by atoms with Crippen molar-refractivity contribution >= 4 is 5.97 Å². The van der Waals surface area contributed by atoms with E-state index >= 15 is 0 Å². The maximum Gasteiger partial charge on any atom is 0.335 e. The number of carboxylic acid groups (broad SMARTS) is 1. The molecule has 2 fully saturated rings. The number of hydrogen-bond donors (Lipinski definition) is 1. The fourth-order valence-electron chi connectivity index (χ4n) is 4.27. The molecule has 0 amide bonds. The van der Waals surface area contributed by atoms with Crippen LogP contribution in [0.4, 0.5) is 0 Å². The van der Waals surface area contributed by atoms with Crippen molar-refractivity contribution in [3.05, 3.63) is 82.2 Å². The molecule has 2 heterocycles. The Morgan fingerprint density at radius 2 is 1.72 bits per heavy atom. The SMILES string of the molecule is [N-]=[N+]=NCC1C[C@@]2(CO1)O[C@H](C(=O)O)[C@@H](OCc1ccccc1)[C@@H]2OCc1ccccc1. The molecule has 2 aliphatic rings. The first-order chi connectivity index (χ1) is 15.6. The van der Waals surface area contributed by atoms with E-state index in [1.54, 1.807) is 0 Å². The highest BCUT2D eigenvalue weighted by Gasteiger charge is 2.62. The maximum absolute atomic E-state index is 12.1. The van der Waals surface area contributed by atoms with Crippen molar-refractivity contribution in [2.24, 2.45) is 5.11 Å². The zero-order chi connectivity index (χ0) is 22.4. The number of carboxylic acids is 1. The van der Waals surface area contributed by atoms with Crippen molar-refractivity contribution in [2.45, 2.75) is 49.7 Å². The van der Waals surface area contributed by atoms with Crippen molar-refractivity contribution in [2.75, 3.05) is 13.2 Å². The fraction of sp³-hybridized carbons (Fsp3) is 0.435. The predicted octanol–water partition coefficient (Wildman–Crippen LogP) is 3.48. The molecule has 2 aromatic rings. The molecule has 32 heavy (non-hydrogen) atoms. The van der Waals surface area contributed by atoms with Crippen molar-refractivity contribution in [1.82, 2.24) is 0 Å². The number of ether oxygens (including phenoxy) is 4. The third-order valence-electron chi connectivity index (χ3n) is 5.76. The summed E-state index contributed by atoms with van der Waals surface area (Å²) in [4.78, 5) is 14.9. The lowest BCUT2D eigenvalue weighted by atomic mass is 9.91. The van der Waals surface area contributed by atoms with Crippen LogP contribution < -0.4 is 0 Å². The van der Waals surface area contributed by atoms with Crippen LogP contribution in [0.25, 0.3) is 10.4 Å². The average Bonchev–Trinajstić information content (AvgIpc) is 3.37. The van der Waals surface area contributed by atoms with Crippen LogP contribution in [0, 0.1) is 0 Å². The van der Waals surface area contributed by atoms with Crippen LogP contribution in [0.15, 0.2) is 65.8 Å². The van der Waals surface area contributed by atoms with Gasteiger partial charge in [-0.2, -0.15) is 0 Å². The van der Waals surface area contributed by atoms with E-state index in [1.165, 1.54) is 0 Å². The van der Waals surface area contributed by atoms with E-state index in [4.69, 9.17) is 24.5 Å². The van der Waals surface area contributed by atoms with Crippen LogP contribution in [-0.4, -0.2) is 54.2 Å². The molecule has 2 saturated heterocycles. The lowest BCUT2D eigenvalue weighted by Gasteiger charge is -2.30. The molecule has 0 saturated carbocycles. The molecule has 1 unspecified atom stereocenters. The van der Waals surface area contributed by atoms with E-state index in [9.17, 15) is 9.90 Å². The summed E-state index contributed by atoms with van der Waals surface area (Å²) in [5, 5.41) is 13.5. The van der Waals surface area contributed by atoms with Gasteiger partial charge in [-0.1, -0.05) is 65.8 Å².